The van der Waals surface area contributed by atoms with Gasteiger partial charge in [0, 0.05) is 6.20 Å². The standard InChI is InChI=1S/C23H31NOS/c1-14-10-15-11-16(25)6-8-22(15,2)19-7-9-23(3)17(20-12-24-13-26-20)4-5-18(23)21(14)19/h4,10,12-14,16,18-19,21,25H,5-9,11H2,1-3H3/t14-,16-,18+,19+,21+,22+,23-/m1/s1. The number of aromatic nitrogens is 1. The number of thiazole rings is 1. The fourth-order valence-electron chi connectivity index (χ4n) is 7.30. The molecular weight excluding hydrogens is 338 g/mol. The number of nitrogens with zero attached hydrogens (tertiary/aromatic N) is 1. The molecule has 0 bridgehead atoms. The van der Waals surface area contributed by atoms with E-state index in [0.717, 1.165) is 30.6 Å². The Balaban J connectivity index is 1.52. The van der Waals surface area contributed by atoms with E-state index in [4.69, 9.17) is 0 Å². The fourth-order valence-corrected chi connectivity index (χ4v) is 8.10. The molecular formula is C23H31NOS. The van der Waals surface area contributed by atoms with Crippen LogP contribution in [0.3, 0.4) is 0 Å². The van der Waals surface area contributed by atoms with Gasteiger partial charge >= 0.3 is 0 Å². The van der Waals surface area contributed by atoms with Gasteiger partial charge in [-0.05, 0) is 78.6 Å². The lowest BCUT2D eigenvalue weighted by Gasteiger charge is -2.59. The smallest absolute Gasteiger partial charge is 0.0797 e. The SMILES string of the molecule is C[C@@H]1C=C2C[C@H](O)CC[C@]2(C)[C@H]2CC[C@]3(C)C(c4cncs4)=CC[C@H]3[C@H]12. The number of rotatable bonds is 1. The van der Waals surface area contributed by atoms with E-state index >= 15 is 0 Å². The summed E-state index contributed by atoms with van der Waals surface area (Å²) in [6, 6.07) is 0. The lowest BCUT2D eigenvalue weighted by atomic mass is 9.45. The van der Waals surface area contributed by atoms with Crippen LogP contribution in [0, 0.1) is 34.5 Å². The highest BCUT2D eigenvalue weighted by atomic mass is 32.1. The molecule has 5 rings (SSSR count). The predicted octanol–water partition coefficient (Wildman–Crippen LogP) is 5.71. The summed E-state index contributed by atoms with van der Waals surface area (Å²) in [6.45, 7) is 7.50. The molecule has 2 nitrogen and oxygen atoms in total. The van der Waals surface area contributed by atoms with Crippen LogP contribution < -0.4 is 0 Å². The quantitative estimate of drug-likeness (QED) is 0.644. The molecule has 1 aromatic heterocycles. The second kappa shape index (κ2) is 5.78. The van der Waals surface area contributed by atoms with Gasteiger partial charge in [-0.25, -0.2) is 0 Å². The van der Waals surface area contributed by atoms with Crippen LogP contribution in [0.1, 0.15) is 64.2 Å². The molecule has 4 aliphatic carbocycles. The van der Waals surface area contributed by atoms with Crippen molar-refractivity contribution in [3.05, 3.63) is 34.3 Å². The van der Waals surface area contributed by atoms with E-state index in [2.05, 4.69) is 44.1 Å². The summed E-state index contributed by atoms with van der Waals surface area (Å²) < 4.78 is 0. The predicted molar refractivity (Wildman–Crippen MR) is 108 cm³/mol. The normalized spacial score (nSPS) is 47.5. The second-order valence-corrected chi connectivity index (χ2v) is 10.7. The molecule has 4 aliphatic rings. The lowest BCUT2D eigenvalue weighted by Crippen LogP contribution is -2.52. The minimum absolute atomic E-state index is 0.113. The first kappa shape index (κ1) is 17.2. The van der Waals surface area contributed by atoms with Gasteiger partial charge in [0.05, 0.1) is 16.5 Å². The van der Waals surface area contributed by atoms with Crippen molar-refractivity contribution < 1.29 is 5.11 Å². The number of aliphatic hydroxyl groups excluding tert-OH is 1. The van der Waals surface area contributed by atoms with E-state index in [1.54, 1.807) is 22.5 Å². The van der Waals surface area contributed by atoms with Crippen molar-refractivity contribution in [2.75, 3.05) is 0 Å². The maximum atomic E-state index is 10.2. The van der Waals surface area contributed by atoms with Crippen molar-refractivity contribution in [1.29, 1.82) is 0 Å². The molecule has 0 saturated heterocycles. The van der Waals surface area contributed by atoms with E-state index in [1.807, 2.05) is 5.51 Å². The molecule has 0 aliphatic heterocycles. The molecule has 26 heavy (non-hydrogen) atoms. The van der Waals surface area contributed by atoms with Crippen molar-refractivity contribution >= 4 is 16.9 Å². The summed E-state index contributed by atoms with van der Waals surface area (Å²) in [7, 11) is 0. The summed E-state index contributed by atoms with van der Waals surface area (Å²) in [6.07, 6.45) is 14.0. The molecule has 3 heteroatoms. The maximum Gasteiger partial charge on any atom is 0.0797 e. The van der Waals surface area contributed by atoms with Crippen LogP contribution in [-0.4, -0.2) is 16.2 Å². The number of allylic oxidation sites excluding steroid dienone is 3. The van der Waals surface area contributed by atoms with Gasteiger partial charge in [-0.1, -0.05) is 38.5 Å². The monoisotopic (exact) mass is 369 g/mol. The van der Waals surface area contributed by atoms with Crippen molar-refractivity contribution in [1.82, 2.24) is 4.98 Å². The van der Waals surface area contributed by atoms with Crippen LogP contribution in [0.2, 0.25) is 0 Å². The number of fused-ring (bicyclic) bond motifs is 5. The first-order valence-electron chi connectivity index (χ1n) is 10.4. The van der Waals surface area contributed by atoms with Crippen molar-refractivity contribution in [3.63, 3.8) is 0 Å². The summed E-state index contributed by atoms with van der Waals surface area (Å²) in [5, 5.41) is 10.2. The highest BCUT2D eigenvalue weighted by Crippen LogP contribution is 2.67. The van der Waals surface area contributed by atoms with Gasteiger partial charge in [-0.15, -0.1) is 11.3 Å². The average Bonchev–Trinajstić information content (AvgIpc) is 3.23. The molecule has 0 unspecified atom stereocenters. The molecule has 1 aromatic rings. The van der Waals surface area contributed by atoms with E-state index < -0.39 is 0 Å². The summed E-state index contributed by atoms with van der Waals surface area (Å²) in [5.74, 6) is 2.96. The Morgan fingerprint density at radius 2 is 1.96 bits per heavy atom. The minimum atomic E-state index is -0.113. The van der Waals surface area contributed by atoms with E-state index in [1.165, 1.54) is 30.6 Å². The van der Waals surface area contributed by atoms with E-state index in [9.17, 15) is 5.11 Å². The fraction of sp³-hybridized carbons (Fsp3) is 0.696. The highest BCUT2D eigenvalue weighted by Gasteiger charge is 2.58. The lowest BCUT2D eigenvalue weighted by molar-refractivity contribution is -0.0425. The highest BCUT2D eigenvalue weighted by molar-refractivity contribution is 7.10. The second-order valence-electron chi connectivity index (χ2n) is 9.83. The van der Waals surface area contributed by atoms with Crippen molar-refractivity contribution in [2.24, 2.45) is 34.5 Å². The van der Waals surface area contributed by atoms with Crippen LogP contribution in [-0.2, 0) is 0 Å². The Bertz CT molecular complexity index is 765. The van der Waals surface area contributed by atoms with Gasteiger partial charge < -0.3 is 5.11 Å². The van der Waals surface area contributed by atoms with Gasteiger partial charge in [0.1, 0.15) is 0 Å². The Morgan fingerprint density at radius 1 is 1.15 bits per heavy atom. The third-order valence-electron chi connectivity index (χ3n) is 8.69. The van der Waals surface area contributed by atoms with E-state index in [-0.39, 0.29) is 6.10 Å². The van der Waals surface area contributed by atoms with Crippen LogP contribution in [0.4, 0.5) is 0 Å². The largest absolute Gasteiger partial charge is 0.393 e. The molecule has 2 fully saturated rings. The molecule has 0 amide bonds. The van der Waals surface area contributed by atoms with Crippen LogP contribution in [0.5, 0.6) is 0 Å². The number of hydrogen-bond acceptors (Lipinski definition) is 3. The van der Waals surface area contributed by atoms with E-state index in [0.29, 0.717) is 16.7 Å². The first-order valence-corrected chi connectivity index (χ1v) is 11.3. The number of aliphatic hydroxyl groups is 1. The van der Waals surface area contributed by atoms with Gasteiger partial charge in [0.2, 0.25) is 0 Å². The van der Waals surface area contributed by atoms with Crippen LogP contribution in [0.15, 0.2) is 29.4 Å². The zero-order chi connectivity index (χ0) is 18.1. The Labute approximate surface area is 161 Å². The van der Waals surface area contributed by atoms with Crippen molar-refractivity contribution in [2.45, 2.75) is 65.4 Å². The average molecular weight is 370 g/mol. The first-order chi connectivity index (χ1) is 12.4. The summed E-state index contributed by atoms with van der Waals surface area (Å²) in [4.78, 5) is 5.74. The van der Waals surface area contributed by atoms with Gasteiger partial charge in [-0.3, -0.25) is 4.98 Å². The van der Waals surface area contributed by atoms with Crippen LogP contribution >= 0.6 is 11.3 Å². The topological polar surface area (TPSA) is 33.1 Å². The Hall–Kier alpha value is -0.930. The molecule has 0 aromatic carbocycles. The summed E-state index contributed by atoms with van der Waals surface area (Å²) >= 11 is 1.80. The molecule has 7 atom stereocenters. The van der Waals surface area contributed by atoms with Gasteiger partial charge in [0.25, 0.3) is 0 Å². The zero-order valence-electron chi connectivity index (χ0n) is 16.2. The summed E-state index contributed by atoms with van der Waals surface area (Å²) in [5.41, 5.74) is 5.77. The molecule has 1 N–H and O–H groups in total. The molecule has 2 saturated carbocycles. The Kier molecular flexibility index (Phi) is 3.82. The van der Waals surface area contributed by atoms with Gasteiger partial charge in [0.15, 0.2) is 0 Å². The third kappa shape index (κ3) is 2.22. The third-order valence-corrected chi connectivity index (χ3v) is 9.49. The molecule has 1 heterocycles. The van der Waals surface area contributed by atoms with Crippen LogP contribution in [0.25, 0.3) is 5.57 Å². The van der Waals surface area contributed by atoms with Crippen molar-refractivity contribution in [3.8, 4) is 0 Å². The zero-order valence-corrected chi connectivity index (χ0v) is 17.1. The molecule has 140 valence electrons. The Morgan fingerprint density at radius 3 is 2.73 bits per heavy atom. The van der Waals surface area contributed by atoms with Gasteiger partial charge in [-0.2, -0.15) is 0 Å². The maximum absolute atomic E-state index is 10.2. The minimum Gasteiger partial charge on any atom is -0.393 e. The number of hydrogen-bond donors (Lipinski definition) is 1. The molecule has 0 radical (unpaired) electrons. The molecule has 0 spiro atoms.